The highest BCUT2D eigenvalue weighted by atomic mass is 79.9. The van der Waals surface area contributed by atoms with Gasteiger partial charge in [-0.1, -0.05) is 43.2 Å². The summed E-state index contributed by atoms with van der Waals surface area (Å²) in [7, 11) is 0. The fourth-order valence-electron chi connectivity index (χ4n) is 1.50. The van der Waals surface area contributed by atoms with Gasteiger partial charge in [0.25, 0.3) is 0 Å². The van der Waals surface area contributed by atoms with E-state index in [0.717, 1.165) is 28.1 Å². The van der Waals surface area contributed by atoms with Crippen molar-refractivity contribution in [2.75, 3.05) is 13.1 Å². The zero-order valence-electron chi connectivity index (χ0n) is 10.6. The van der Waals surface area contributed by atoms with Gasteiger partial charge in [0.15, 0.2) is 0 Å². The van der Waals surface area contributed by atoms with Gasteiger partial charge in [-0.05, 0) is 53.0 Å². The van der Waals surface area contributed by atoms with Crippen molar-refractivity contribution in [2.45, 2.75) is 20.8 Å². The maximum atomic E-state index is 6.05. The van der Waals surface area contributed by atoms with Crippen LogP contribution in [0, 0.1) is 5.92 Å². The normalized spacial score (nSPS) is 12.2. The van der Waals surface area contributed by atoms with Crippen LogP contribution in [-0.2, 0) is 0 Å². The van der Waals surface area contributed by atoms with Crippen molar-refractivity contribution in [1.29, 1.82) is 0 Å². The summed E-state index contributed by atoms with van der Waals surface area (Å²) in [6, 6.07) is 6.00. The molecule has 0 bridgehead atoms. The molecule has 0 saturated carbocycles. The van der Waals surface area contributed by atoms with E-state index in [9.17, 15) is 0 Å². The average molecular weight is 317 g/mol. The molecule has 0 aromatic heterocycles. The molecule has 1 rings (SSSR count). The molecular formula is C14H19BrClN. The maximum absolute atomic E-state index is 6.05. The Labute approximate surface area is 117 Å². The van der Waals surface area contributed by atoms with Gasteiger partial charge in [-0.2, -0.15) is 0 Å². The van der Waals surface area contributed by atoms with E-state index in [1.54, 1.807) is 0 Å². The summed E-state index contributed by atoms with van der Waals surface area (Å²) in [5, 5.41) is 4.17. The van der Waals surface area contributed by atoms with Gasteiger partial charge >= 0.3 is 0 Å². The monoisotopic (exact) mass is 315 g/mol. The van der Waals surface area contributed by atoms with Gasteiger partial charge in [-0.25, -0.2) is 0 Å². The standard InChI is InChI=1S/C14H19BrClN/c1-10(2)8-17-9-11(3)6-12-4-5-13(15)14(16)7-12/h4-7,10,17H,8-9H2,1-3H3/b11-6+. The van der Waals surface area contributed by atoms with Crippen molar-refractivity contribution in [2.24, 2.45) is 5.92 Å². The molecule has 0 unspecified atom stereocenters. The molecule has 0 spiro atoms. The van der Waals surface area contributed by atoms with Crippen LogP contribution in [-0.4, -0.2) is 13.1 Å². The Balaban J connectivity index is 2.58. The molecular weight excluding hydrogens is 298 g/mol. The SMILES string of the molecule is C/C(=C\c1ccc(Br)c(Cl)c1)CNCC(C)C. The van der Waals surface area contributed by atoms with Crippen LogP contribution < -0.4 is 5.32 Å². The van der Waals surface area contributed by atoms with Crippen molar-refractivity contribution in [3.63, 3.8) is 0 Å². The molecule has 1 aromatic rings. The second-order valence-electron chi connectivity index (χ2n) is 4.69. The van der Waals surface area contributed by atoms with E-state index in [2.05, 4.69) is 54.2 Å². The molecule has 1 aromatic carbocycles. The Morgan fingerprint density at radius 1 is 1.47 bits per heavy atom. The minimum Gasteiger partial charge on any atom is -0.313 e. The highest BCUT2D eigenvalue weighted by Crippen LogP contribution is 2.24. The molecule has 0 amide bonds. The third kappa shape index (κ3) is 5.71. The molecule has 1 nitrogen and oxygen atoms in total. The zero-order valence-corrected chi connectivity index (χ0v) is 12.9. The predicted molar refractivity (Wildman–Crippen MR) is 80.5 cm³/mol. The van der Waals surface area contributed by atoms with Gasteiger partial charge in [0.1, 0.15) is 0 Å². The third-order valence-corrected chi connectivity index (χ3v) is 3.55. The Morgan fingerprint density at radius 3 is 2.76 bits per heavy atom. The van der Waals surface area contributed by atoms with Gasteiger partial charge in [-0.15, -0.1) is 0 Å². The minimum absolute atomic E-state index is 0.685. The first-order valence-electron chi connectivity index (χ1n) is 5.82. The quantitative estimate of drug-likeness (QED) is 0.826. The Kier molecular flexibility index (Phi) is 6.24. The molecule has 0 fully saturated rings. The van der Waals surface area contributed by atoms with Crippen LogP contribution >= 0.6 is 27.5 Å². The van der Waals surface area contributed by atoms with Crippen molar-refractivity contribution in [1.82, 2.24) is 5.32 Å². The van der Waals surface area contributed by atoms with E-state index in [0.29, 0.717) is 5.92 Å². The second kappa shape index (κ2) is 7.20. The first kappa shape index (κ1) is 14.7. The van der Waals surface area contributed by atoms with Crippen LogP contribution in [0.5, 0.6) is 0 Å². The van der Waals surface area contributed by atoms with Crippen LogP contribution in [0.1, 0.15) is 26.3 Å². The number of hydrogen-bond donors (Lipinski definition) is 1. The van der Waals surface area contributed by atoms with Crippen LogP contribution in [0.4, 0.5) is 0 Å². The Bertz CT molecular complexity index is 399. The van der Waals surface area contributed by atoms with Crippen LogP contribution in [0.2, 0.25) is 5.02 Å². The largest absolute Gasteiger partial charge is 0.313 e. The van der Waals surface area contributed by atoms with Gasteiger partial charge in [0, 0.05) is 11.0 Å². The van der Waals surface area contributed by atoms with Crippen LogP contribution in [0.15, 0.2) is 28.2 Å². The molecule has 0 aliphatic carbocycles. The zero-order chi connectivity index (χ0) is 12.8. The molecule has 0 atom stereocenters. The maximum Gasteiger partial charge on any atom is 0.0554 e. The van der Waals surface area contributed by atoms with Gasteiger partial charge < -0.3 is 5.32 Å². The first-order valence-corrected chi connectivity index (χ1v) is 6.99. The van der Waals surface area contributed by atoms with E-state index in [1.165, 1.54) is 5.57 Å². The van der Waals surface area contributed by atoms with Crippen molar-refractivity contribution in [3.8, 4) is 0 Å². The average Bonchev–Trinajstić information content (AvgIpc) is 2.23. The molecule has 0 heterocycles. The summed E-state index contributed by atoms with van der Waals surface area (Å²) in [5.41, 5.74) is 2.45. The van der Waals surface area contributed by atoms with E-state index in [4.69, 9.17) is 11.6 Å². The molecule has 0 saturated heterocycles. The minimum atomic E-state index is 0.685. The first-order chi connectivity index (χ1) is 7.99. The molecule has 0 aliphatic rings. The fourth-order valence-corrected chi connectivity index (χ4v) is 1.93. The summed E-state index contributed by atoms with van der Waals surface area (Å²) in [6.07, 6.45) is 2.16. The van der Waals surface area contributed by atoms with Crippen molar-refractivity contribution >= 4 is 33.6 Å². The molecule has 0 radical (unpaired) electrons. The number of hydrogen-bond acceptors (Lipinski definition) is 1. The Morgan fingerprint density at radius 2 is 2.18 bits per heavy atom. The number of rotatable bonds is 5. The number of nitrogens with one attached hydrogen (secondary N) is 1. The highest BCUT2D eigenvalue weighted by Gasteiger charge is 1.98. The van der Waals surface area contributed by atoms with Crippen molar-refractivity contribution < 1.29 is 0 Å². The lowest BCUT2D eigenvalue weighted by atomic mass is 10.1. The van der Waals surface area contributed by atoms with E-state index >= 15 is 0 Å². The smallest absolute Gasteiger partial charge is 0.0554 e. The summed E-state index contributed by atoms with van der Waals surface area (Å²) < 4.78 is 0.937. The second-order valence-corrected chi connectivity index (χ2v) is 5.95. The van der Waals surface area contributed by atoms with E-state index in [1.807, 2.05) is 12.1 Å². The van der Waals surface area contributed by atoms with E-state index < -0.39 is 0 Å². The van der Waals surface area contributed by atoms with Crippen LogP contribution in [0.25, 0.3) is 6.08 Å². The highest BCUT2D eigenvalue weighted by molar-refractivity contribution is 9.10. The molecule has 0 aliphatic heterocycles. The summed E-state index contributed by atoms with van der Waals surface area (Å²) in [5.74, 6) is 0.685. The number of halogens is 2. The molecule has 3 heteroatoms. The Hall–Kier alpha value is -0.310. The van der Waals surface area contributed by atoms with Crippen molar-refractivity contribution in [3.05, 3.63) is 38.8 Å². The third-order valence-electron chi connectivity index (χ3n) is 2.31. The fraction of sp³-hybridized carbons (Fsp3) is 0.429. The molecule has 94 valence electrons. The lowest BCUT2D eigenvalue weighted by Gasteiger charge is -2.07. The number of benzene rings is 1. The van der Waals surface area contributed by atoms with Gasteiger partial charge in [0.2, 0.25) is 0 Å². The van der Waals surface area contributed by atoms with Gasteiger partial charge in [-0.3, -0.25) is 0 Å². The van der Waals surface area contributed by atoms with E-state index in [-0.39, 0.29) is 0 Å². The lowest BCUT2D eigenvalue weighted by molar-refractivity contribution is 0.572. The topological polar surface area (TPSA) is 12.0 Å². The summed E-state index contributed by atoms with van der Waals surface area (Å²) in [4.78, 5) is 0. The van der Waals surface area contributed by atoms with Crippen LogP contribution in [0.3, 0.4) is 0 Å². The van der Waals surface area contributed by atoms with Gasteiger partial charge in [0.05, 0.1) is 5.02 Å². The molecule has 17 heavy (non-hydrogen) atoms. The molecule has 1 N–H and O–H groups in total. The lowest BCUT2D eigenvalue weighted by Crippen LogP contribution is -2.21. The predicted octanol–water partition coefficient (Wildman–Crippen LogP) is 4.75. The summed E-state index contributed by atoms with van der Waals surface area (Å²) >= 11 is 9.44. The summed E-state index contributed by atoms with van der Waals surface area (Å²) in [6.45, 7) is 8.52.